The SMILES string of the molecule is CCc1cc(Nc2cc(NC(C)=O)ncc2-c2cnc(CN3CCCC(O)C3)cn2)nc(C(C)(F)F)n1. The summed E-state index contributed by atoms with van der Waals surface area (Å²) >= 11 is 0. The number of amides is 1. The first kappa shape index (κ1) is 26.4. The largest absolute Gasteiger partial charge is 0.392 e. The van der Waals surface area contributed by atoms with Crippen molar-refractivity contribution in [1.82, 2.24) is 29.8 Å². The standard InChI is InChI=1S/C25H30F2N8O2/c1-4-16-8-23(34-24(32-16)25(3,26)27)33-20-9-22(31-15(2)36)30-11-19(20)21-12-28-17(10-29-21)13-35-7-5-6-18(37)14-35/h8-12,18,37H,4-7,13-14H2,1-3H3,(H2,30,31,32,33,34,36). The first-order chi connectivity index (χ1) is 17.6. The van der Waals surface area contributed by atoms with Gasteiger partial charge in [-0.1, -0.05) is 6.92 Å². The number of carbonyl (C=O) groups is 1. The zero-order valence-corrected chi connectivity index (χ0v) is 21.0. The van der Waals surface area contributed by atoms with Crippen molar-refractivity contribution in [3.05, 3.63) is 47.9 Å². The van der Waals surface area contributed by atoms with Crippen LogP contribution in [0.4, 0.5) is 26.1 Å². The smallest absolute Gasteiger partial charge is 0.303 e. The Morgan fingerprint density at radius 3 is 2.59 bits per heavy atom. The molecule has 196 valence electrons. The summed E-state index contributed by atoms with van der Waals surface area (Å²) in [6.07, 6.45) is 6.66. The number of nitrogens with one attached hydrogen (secondary N) is 2. The third-order valence-electron chi connectivity index (χ3n) is 5.85. The molecular formula is C25H30F2N8O2. The molecular weight excluding hydrogens is 482 g/mol. The number of aromatic nitrogens is 5. The fraction of sp³-hybridized carbons (Fsp3) is 0.440. The minimum atomic E-state index is -3.21. The number of carbonyl (C=O) groups excluding carboxylic acids is 1. The number of β-amino-alcohol motifs (C(OH)–C–C–N with tert-alkyl or cyclic N) is 1. The van der Waals surface area contributed by atoms with Crippen LogP contribution in [0.3, 0.4) is 0 Å². The molecule has 1 amide bonds. The molecule has 4 rings (SSSR count). The van der Waals surface area contributed by atoms with E-state index in [0.717, 1.165) is 32.0 Å². The van der Waals surface area contributed by atoms with E-state index in [1.54, 1.807) is 24.5 Å². The second-order valence-electron chi connectivity index (χ2n) is 9.16. The van der Waals surface area contributed by atoms with Crippen molar-refractivity contribution >= 4 is 23.2 Å². The normalized spacial score (nSPS) is 16.4. The number of nitrogens with zero attached hydrogens (tertiary/aromatic N) is 6. The van der Waals surface area contributed by atoms with Gasteiger partial charge in [0.1, 0.15) is 11.6 Å². The van der Waals surface area contributed by atoms with Crippen molar-refractivity contribution in [3.63, 3.8) is 0 Å². The van der Waals surface area contributed by atoms with E-state index in [4.69, 9.17) is 0 Å². The van der Waals surface area contributed by atoms with E-state index < -0.39 is 11.7 Å². The molecule has 0 aromatic carbocycles. The van der Waals surface area contributed by atoms with E-state index >= 15 is 0 Å². The van der Waals surface area contributed by atoms with Crippen LogP contribution >= 0.6 is 0 Å². The van der Waals surface area contributed by atoms with Crippen LogP contribution in [0.25, 0.3) is 11.3 Å². The third-order valence-corrected chi connectivity index (χ3v) is 5.85. The summed E-state index contributed by atoms with van der Waals surface area (Å²) in [6, 6.07) is 3.18. The molecule has 3 aromatic heterocycles. The predicted octanol–water partition coefficient (Wildman–Crippen LogP) is 3.66. The van der Waals surface area contributed by atoms with Gasteiger partial charge in [0, 0.05) is 56.5 Å². The van der Waals surface area contributed by atoms with Gasteiger partial charge in [-0.05, 0) is 25.8 Å². The molecule has 0 aliphatic carbocycles. The van der Waals surface area contributed by atoms with Gasteiger partial charge >= 0.3 is 5.92 Å². The minimum absolute atomic E-state index is 0.179. The maximum atomic E-state index is 14.0. The lowest BCUT2D eigenvalue weighted by molar-refractivity contribution is -0.114. The van der Waals surface area contributed by atoms with E-state index in [1.807, 2.05) is 6.92 Å². The van der Waals surface area contributed by atoms with Gasteiger partial charge in [0.2, 0.25) is 11.7 Å². The number of aliphatic hydroxyl groups is 1. The maximum absolute atomic E-state index is 14.0. The van der Waals surface area contributed by atoms with Gasteiger partial charge in [-0.2, -0.15) is 8.78 Å². The summed E-state index contributed by atoms with van der Waals surface area (Å²) in [5.41, 5.74) is 2.71. The first-order valence-electron chi connectivity index (χ1n) is 12.1. The van der Waals surface area contributed by atoms with Gasteiger partial charge in [0.15, 0.2) is 0 Å². The van der Waals surface area contributed by atoms with Gasteiger partial charge in [-0.15, -0.1) is 0 Å². The van der Waals surface area contributed by atoms with Gasteiger partial charge < -0.3 is 15.7 Å². The molecule has 37 heavy (non-hydrogen) atoms. The number of anilines is 3. The van der Waals surface area contributed by atoms with Crippen molar-refractivity contribution in [3.8, 4) is 11.3 Å². The molecule has 1 aliphatic heterocycles. The number of rotatable bonds is 8. The van der Waals surface area contributed by atoms with Crippen molar-refractivity contribution in [2.24, 2.45) is 0 Å². The summed E-state index contributed by atoms with van der Waals surface area (Å²) in [6.45, 7) is 5.99. The second-order valence-corrected chi connectivity index (χ2v) is 9.16. The quantitative estimate of drug-likeness (QED) is 0.414. The Labute approximate surface area is 213 Å². The molecule has 0 radical (unpaired) electrons. The molecule has 1 unspecified atom stereocenters. The van der Waals surface area contributed by atoms with Crippen LogP contribution in [-0.4, -0.2) is 60.0 Å². The fourth-order valence-corrected chi connectivity index (χ4v) is 4.07. The van der Waals surface area contributed by atoms with E-state index in [1.165, 1.54) is 13.1 Å². The maximum Gasteiger partial charge on any atom is 0.303 e. The number of likely N-dealkylation sites (tertiary alicyclic amines) is 1. The first-order valence-corrected chi connectivity index (χ1v) is 12.1. The Balaban J connectivity index is 1.65. The molecule has 10 nitrogen and oxygen atoms in total. The van der Waals surface area contributed by atoms with Gasteiger partial charge in [-0.25, -0.2) is 15.0 Å². The molecule has 4 heterocycles. The van der Waals surface area contributed by atoms with E-state index in [2.05, 4.69) is 40.5 Å². The van der Waals surface area contributed by atoms with Crippen molar-refractivity contribution < 1.29 is 18.7 Å². The average molecular weight is 513 g/mol. The molecule has 1 atom stereocenters. The molecule has 0 bridgehead atoms. The van der Waals surface area contributed by atoms with Crippen molar-refractivity contribution in [2.45, 2.75) is 58.6 Å². The van der Waals surface area contributed by atoms with E-state index in [0.29, 0.717) is 42.1 Å². The van der Waals surface area contributed by atoms with Gasteiger partial charge in [-0.3, -0.25) is 19.7 Å². The highest BCUT2D eigenvalue weighted by atomic mass is 19.3. The Bertz CT molecular complexity index is 1250. The Morgan fingerprint density at radius 2 is 1.95 bits per heavy atom. The molecule has 0 saturated carbocycles. The topological polar surface area (TPSA) is 129 Å². The number of piperidine rings is 1. The molecule has 12 heteroatoms. The number of halogens is 2. The fourth-order valence-electron chi connectivity index (χ4n) is 4.07. The van der Waals surface area contributed by atoms with E-state index in [9.17, 15) is 18.7 Å². The number of pyridine rings is 1. The number of aliphatic hydroxyl groups excluding tert-OH is 1. The molecule has 3 N–H and O–H groups in total. The summed E-state index contributed by atoms with van der Waals surface area (Å²) < 4.78 is 28.0. The molecule has 1 aliphatic rings. The highest BCUT2D eigenvalue weighted by Crippen LogP contribution is 2.31. The Kier molecular flexibility index (Phi) is 7.98. The number of aryl methyl sites for hydroxylation is 1. The number of alkyl halides is 2. The van der Waals surface area contributed by atoms with Gasteiger partial charge in [0.25, 0.3) is 0 Å². The Hall–Kier alpha value is -3.64. The highest BCUT2D eigenvalue weighted by molar-refractivity contribution is 5.89. The van der Waals surface area contributed by atoms with Crippen LogP contribution in [-0.2, 0) is 23.7 Å². The zero-order chi connectivity index (χ0) is 26.6. The van der Waals surface area contributed by atoms with Crippen molar-refractivity contribution in [1.29, 1.82) is 0 Å². The van der Waals surface area contributed by atoms with Gasteiger partial charge in [0.05, 0.1) is 35.6 Å². The average Bonchev–Trinajstić information content (AvgIpc) is 2.84. The monoisotopic (exact) mass is 512 g/mol. The summed E-state index contributed by atoms with van der Waals surface area (Å²) in [4.78, 5) is 35.0. The summed E-state index contributed by atoms with van der Waals surface area (Å²) in [5.74, 6) is -3.65. The lowest BCUT2D eigenvalue weighted by Gasteiger charge is -2.29. The zero-order valence-electron chi connectivity index (χ0n) is 21.0. The molecule has 1 fully saturated rings. The number of hydrogen-bond acceptors (Lipinski definition) is 9. The van der Waals surface area contributed by atoms with Crippen LogP contribution in [0.15, 0.2) is 30.7 Å². The van der Waals surface area contributed by atoms with Crippen molar-refractivity contribution in [2.75, 3.05) is 23.7 Å². The van der Waals surface area contributed by atoms with Crippen LogP contribution in [0.5, 0.6) is 0 Å². The second kappa shape index (κ2) is 11.2. The predicted molar refractivity (Wildman–Crippen MR) is 134 cm³/mol. The summed E-state index contributed by atoms with van der Waals surface area (Å²) in [7, 11) is 0. The Morgan fingerprint density at radius 1 is 1.14 bits per heavy atom. The third kappa shape index (κ3) is 6.98. The highest BCUT2D eigenvalue weighted by Gasteiger charge is 2.29. The lowest BCUT2D eigenvalue weighted by atomic mass is 10.1. The van der Waals surface area contributed by atoms with Crippen LogP contribution in [0.2, 0.25) is 0 Å². The van der Waals surface area contributed by atoms with Crippen LogP contribution < -0.4 is 10.6 Å². The summed E-state index contributed by atoms with van der Waals surface area (Å²) in [5, 5.41) is 15.6. The number of hydrogen-bond donors (Lipinski definition) is 3. The van der Waals surface area contributed by atoms with Crippen LogP contribution in [0, 0.1) is 0 Å². The lowest BCUT2D eigenvalue weighted by Crippen LogP contribution is -2.37. The minimum Gasteiger partial charge on any atom is -0.392 e. The molecule has 3 aromatic rings. The molecule has 0 spiro atoms. The van der Waals surface area contributed by atoms with E-state index in [-0.39, 0.29) is 23.6 Å². The van der Waals surface area contributed by atoms with Crippen LogP contribution in [0.1, 0.15) is 50.8 Å². The molecule has 1 saturated heterocycles.